The summed E-state index contributed by atoms with van der Waals surface area (Å²) < 4.78 is 1.80. The van der Waals surface area contributed by atoms with E-state index in [4.69, 9.17) is 5.11 Å². The molecule has 1 N–H and O–H groups in total. The number of rotatable bonds is 1. The SMILES string of the molecule is Cn1ncc2c1CCCCC2C(=O)O. The second kappa shape index (κ2) is 3.44. The molecule has 0 spiro atoms. The van der Waals surface area contributed by atoms with Crippen molar-refractivity contribution in [1.82, 2.24) is 9.78 Å². The molecule has 1 aromatic heterocycles. The van der Waals surface area contributed by atoms with E-state index >= 15 is 0 Å². The number of hydrogen-bond donors (Lipinski definition) is 1. The number of aromatic nitrogens is 2. The first-order valence-electron chi connectivity index (χ1n) is 4.93. The van der Waals surface area contributed by atoms with Crippen molar-refractivity contribution in [3.05, 3.63) is 17.5 Å². The first-order chi connectivity index (χ1) is 6.70. The lowest BCUT2D eigenvalue weighted by Gasteiger charge is -2.08. The molecule has 0 saturated carbocycles. The topological polar surface area (TPSA) is 55.1 Å². The minimum Gasteiger partial charge on any atom is -0.481 e. The Morgan fingerprint density at radius 1 is 1.64 bits per heavy atom. The van der Waals surface area contributed by atoms with Gasteiger partial charge in [-0.15, -0.1) is 0 Å². The highest BCUT2D eigenvalue weighted by Gasteiger charge is 2.26. The Morgan fingerprint density at radius 2 is 2.43 bits per heavy atom. The number of carboxylic acids is 1. The quantitative estimate of drug-likeness (QED) is 0.686. The van der Waals surface area contributed by atoms with Crippen LogP contribution in [0.2, 0.25) is 0 Å². The molecule has 1 heterocycles. The molecule has 0 saturated heterocycles. The van der Waals surface area contributed by atoms with Crippen LogP contribution in [0.5, 0.6) is 0 Å². The lowest BCUT2D eigenvalue weighted by atomic mass is 9.97. The second-order valence-corrected chi connectivity index (χ2v) is 3.81. The lowest BCUT2D eigenvalue weighted by Crippen LogP contribution is -2.11. The van der Waals surface area contributed by atoms with Crippen LogP contribution in [-0.4, -0.2) is 20.9 Å². The second-order valence-electron chi connectivity index (χ2n) is 3.81. The van der Waals surface area contributed by atoms with Crippen molar-refractivity contribution >= 4 is 5.97 Å². The van der Waals surface area contributed by atoms with Crippen LogP contribution < -0.4 is 0 Å². The van der Waals surface area contributed by atoms with Gasteiger partial charge in [0.25, 0.3) is 0 Å². The lowest BCUT2D eigenvalue weighted by molar-refractivity contribution is -0.139. The average Bonchev–Trinajstić information content (AvgIpc) is 2.38. The van der Waals surface area contributed by atoms with Gasteiger partial charge in [0.05, 0.1) is 12.1 Å². The number of carboxylic acid groups (broad SMARTS) is 1. The molecule has 1 aromatic rings. The molecule has 0 radical (unpaired) electrons. The van der Waals surface area contributed by atoms with Gasteiger partial charge in [0.1, 0.15) is 0 Å². The molecule has 14 heavy (non-hydrogen) atoms. The van der Waals surface area contributed by atoms with Crippen molar-refractivity contribution in [2.75, 3.05) is 0 Å². The fourth-order valence-corrected chi connectivity index (χ4v) is 2.13. The summed E-state index contributed by atoms with van der Waals surface area (Å²) in [4.78, 5) is 11.0. The molecule has 1 aliphatic carbocycles. The van der Waals surface area contributed by atoms with Gasteiger partial charge in [0.2, 0.25) is 0 Å². The van der Waals surface area contributed by atoms with Crippen molar-refractivity contribution in [3.63, 3.8) is 0 Å². The Balaban J connectivity index is 2.42. The molecule has 2 rings (SSSR count). The van der Waals surface area contributed by atoms with E-state index in [0.29, 0.717) is 0 Å². The number of carbonyl (C=O) groups is 1. The van der Waals surface area contributed by atoms with E-state index in [1.807, 2.05) is 7.05 Å². The average molecular weight is 194 g/mol. The minimum atomic E-state index is -0.721. The van der Waals surface area contributed by atoms with Gasteiger partial charge in [-0.3, -0.25) is 9.48 Å². The van der Waals surface area contributed by atoms with Crippen LogP contribution >= 0.6 is 0 Å². The molecular weight excluding hydrogens is 180 g/mol. The van der Waals surface area contributed by atoms with Crippen LogP contribution in [0.25, 0.3) is 0 Å². The third-order valence-corrected chi connectivity index (χ3v) is 2.92. The summed E-state index contributed by atoms with van der Waals surface area (Å²) in [7, 11) is 1.88. The molecule has 1 aliphatic rings. The Morgan fingerprint density at radius 3 is 3.14 bits per heavy atom. The Labute approximate surface area is 82.5 Å². The van der Waals surface area contributed by atoms with Gasteiger partial charge >= 0.3 is 5.97 Å². The van der Waals surface area contributed by atoms with Crippen LogP contribution in [0.4, 0.5) is 0 Å². The summed E-state index contributed by atoms with van der Waals surface area (Å²) in [5.74, 6) is -1.07. The summed E-state index contributed by atoms with van der Waals surface area (Å²) in [5.41, 5.74) is 2.01. The first-order valence-corrected chi connectivity index (χ1v) is 4.93. The maximum absolute atomic E-state index is 11.0. The van der Waals surface area contributed by atoms with Crippen molar-refractivity contribution in [1.29, 1.82) is 0 Å². The fraction of sp³-hybridized carbons (Fsp3) is 0.600. The van der Waals surface area contributed by atoms with Crippen molar-refractivity contribution < 1.29 is 9.90 Å². The highest BCUT2D eigenvalue weighted by molar-refractivity contribution is 5.76. The van der Waals surface area contributed by atoms with Crippen LogP contribution in [0.3, 0.4) is 0 Å². The Bertz CT molecular complexity index is 357. The zero-order valence-electron chi connectivity index (χ0n) is 8.23. The minimum absolute atomic E-state index is 0.346. The Hall–Kier alpha value is -1.32. The molecule has 0 aromatic carbocycles. The molecule has 1 atom stereocenters. The summed E-state index contributed by atoms with van der Waals surface area (Å²) >= 11 is 0. The van der Waals surface area contributed by atoms with E-state index in [9.17, 15) is 4.79 Å². The number of aliphatic carboxylic acids is 1. The van der Waals surface area contributed by atoms with Gasteiger partial charge in [-0.05, 0) is 19.3 Å². The molecular formula is C10H14N2O2. The predicted octanol–water partition coefficient (Wildman–Crippen LogP) is 1.31. The molecule has 4 heteroatoms. The van der Waals surface area contributed by atoms with Gasteiger partial charge in [0, 0.05) is 18.3 Å². The number of hydrogen-bond acceptors (Lipinski definition) is 2. The van der Waals surface area contributed by atoms with E-state index < -0.39 is 5.97 Å². The van der Waals surface area contributed by atoms with Gasteiger partial charge in [-0.25, -0.2) is 0 Å². The highest BCUT2D eigenvalue weighted by atomic mass is 16.4. The van der Waals surface area contributed by atoms with E-state index in [1.54, 1.807) is 10.9 Å². The summed E-state index contributed by atoms with van der Waals surface area (Å²) in [6, 6.07) is 0. The zero-order chi connectivity index (χ0) is 10.1. The van der Waals surface area contributed by atoms with Crippen LogP contribution in [0, 0.1) is 0 Å². The molecule has 76 valence electrons. The third-order valence-electron chi connectivity index (χ3n) is 2.92. The fourth-order valence-electron chi connectivity index (χ4n) is 2.13. The zero-order valence-corrected chi connectivity index (χ0v) is 8.23. The Kier molecular flexibility index (Phi) is 2.27. The van der Waals surface area contributed by atoms with Gasteiger partial charge in [-0.1, -0.05) is 6.42 Å². The molecule has 1 unspecified atom stereocenters. The first kappa shape index (κ1) is 9.24. The van der Waals surface area contributed by atoms with Gasteiger partial charge in [0.15, 0.2) is 0 Å². The van der Waals surface area contributed by atoms with Gasteiger partial charge in [-0.2, -0.15) is 5.10 Å². The van der Waals surface area contributed by atoms with E-state index in [0.717, 1.165) is 36.9 Å². The largest absolute Gasteiger partial charge is 0.481 e. The third kappa shape index (κ3) is 1.41. The molecule has 0 bridgehead atoms. The van der Waals surface area contributed by atoms with Crippen LogP contribution in [0.1, 0.15) is 36.4 Å². The summed E-state index contributed by atoms with van der Waals surface area (Å²) in [5, 5.41) is 13.2. The van der Waals surface area contributed by atoms with Crippen molar-refractivity contribution in [3.8, 4) is 0 Å². The predicted molar refractivity (Wildman–Crippen MR) is 51.1 cm³/mol. The van der Waals surface area contributed by atoms with E-state index in [1.165, 1.54) is 0 Å². The monoisotopic (exact) mass is 194 g/mol. The number of aryl methyl sites for hydroxylation is 1. The summed E-state index contributed by atoms with van der Waals surface area (Å²) in [6.07, 6.45) is 5.46. The van der Waals surface area contributed by atoms with Gasteiger partial charge < -0.3 is 5.11 Å². The van der Waals surface area contributed by atoms with E-state index in [-0.39, 0.29) is 5.92 Å². The number of fused-ring (bicyclic) bond motifs is 1. The molecule has 0 aliphatic heterocycles. The standard InChI is InChI=1S/C10H14N2O2/c1-12-9-5-3-2-4-7(10(13)14)8(9)6-11-12/h6-7H,2-5H2,1H3,(H,13,14). The maximum Gasteiger partial charge on any atom is 0.311 e. The van der Waals surface area contributed by atoms with Crippen molar-refractivity contribution in [2.45, 2.75) is 31.6 Å². The molecule has 4 nitrogen and oxygen atoms in total. The normalized spacial score (nSPS) is 21.4. The van der Waals surface area contributed by atoms with Crippen molar-refractivity contribution in [2.24, 2.45) is 7.05 Å². The maximum atomic E-state index is 11.0. The number of nitrogens with zero attached hydrogens (tertiary/aromatic N) is 2. The molecule has 0 fully saturated rings. The highest BCUT2D eigenvalue weighted by Crippen LogP contribution is 2.30. The summed E-state index contributed by atoms with van der Waals surface area (Å²) in [6.45, 7) is 0. The van der Waals surface area contributed by atoms with Crippen LogP contribution in [-0.2, 0) is 18.3 Å². The molecule has 0 amide bonds. The smallest absolute Gasteiger partial charge is 0.311 e. The van der Waals surface area contributed by atoms with Crippen LogP contribution in [0.15, 0.2) is 6.20 Å². The van der Waals surface area contributed by atoms with E-state index in [2.05, 4.69) is 5.10 Å².